The van der Waals surface area contributed by atoms with Gasteiger partial charge in [-0.1, -0.05) is 0 Å². The van der Waals surface area contributed by atoms with Gasteiger partial charge in [-0.3, -0.25) is 5.43 Å². The lowest BCUT2D eigenvalue weighted by atomic mass is 10.1. The minimum Gasteiger partial charge on any atom is -0.377 e. The van der Waals surface area contributed by atoms with Crippen LogP contribution >= 0.6 is 0 Å². The number of methoxy groups -OCH3 is 1. The van der Waals surface area contributed by atoms with E-state index in [9.17, 15) is 0 Å². The van der Waals surface area contributed by atoms with E-state index in [2.05, 4.69) is 15.7 Å². The molecule has 0 aliphatic carbocycles. The van der Waals surface area contributed by atoms with Gasteiger partial charge in [0.15, 0.2) is 0 Å². The number of hydrogen-bond donors (Lipinski definition) is 3. The Morgan fingerprint density at radius 3 is 2.43 bits per heavy atom. The summed E-state index contributed by atoms with van der Waals surface area (Å²) in [5, 5.41) is 3.08. The lowest BCUT2D eigenvalue weighted by molar-refractivity contribution is 0.0310. The molecule has 0 saturated carbocycles. The van der Waals surface area contributed by atoms with Crippen LogP contribution < -0.4 is 16.6 Å². The molecule has 0 unspecified atom stereocenters. The van der Waals surface area contributed by atoms with E-state index in [-0.39, 0.29) is 5.60 Å². The van der Waals surface area contributed by atoms with Gasteiger partial charge in [0.1, 0.15) is 0 Å². The monoisotopic (exact) mass is 202 g/mol. The summed E-state index contributed by atoms with van der Waals surface area (Å²) in [5.74, 6) is 5.90. The molecule has 0 aliphatic rings. The summed E-state index contributed by atoms with van der Waals surface area (Å²) in [4.78, 5) is 4.27. The highest BCUT2D eigenvalue weighted by Crippen LogP contribution is 2.06. The maximum absolute atomic E-state index is 5.31. The number of aliphatic imine (C=N–C) groups is 1. The molecule has 0 radical (unpaired) electrons. The third-order valence-electron chi connectivity index (χ3n) is 1.73. The highest BCUT2D eigenvalue weighted by molar-refractivity contribution is 5.79. The van der Waals surface area contributed by atoms with Gasteiger partial charge in [0.25, 0.3) is 0 Å². The Morgan fingerprint density at radius 2 is 2.07 bits per heavy atom. The molecule has 5 nitrogen and oxygen atoms in total. The van der Waals surface area contributed by atoms with Crippen molar-refractivity contribution in [1.29, 1.82) is 0 Å². The molecule has 84 valence electrons. The van der Waals surface area contributed by atoms with Crippen LogP contribution in [0.3, 0.4) is 0 Å². The number of ether oxygens (including phenoxy) is 1. The average molecular weight is 202 g/mol. The molecular formula is C9H22N4O. The molecule has 0 saturated heterocycles. The van der Waals surface area contributed by atoms with E-state index in [4.69, 9.17) is 10.6 Å². The number of nitrogens with one attached hydrogen (secondary N) is 2. The maximum atomic E-state index is 5.31. The van der Waals surface area contributed by atoms with E-state index in [1.807, 2.05) is 27.7 Å². The van der Waals surface area contributed by atoms with Crippen LogP contribution in [0.25, 0.3) is 0 Å². The zero-order valence-corrected chi connectivity index (χ0v) is 9.72. The highest BCUT2D eigenvalue weighted by Gasteiger charge is 2.15. The van der Waals surface area contributed by atoms with Gasteiger partial charge in [-0.15, -0.1) is 0 Å². The fourth-order valence-corrected chi connectivity index (χ4v) is 0.740. The summed E-state index contributed by atoms with van der Waals surface area (Å²) in [6, 6.07) is 0.301. The van der Waals surface area contributed by atoms with Gasteiger partial charge in [-0.05, 0) is 27.7 Å². The van der Waals surface area contributed by atoms with Crippen LogP contribution in [-0.2, 0) is 4.74 Å². The van der Waals surface area contributed by atoms with E-state index in [1.165, 1.54) is 0 Å². The van der Waals surface area contributed by atoms with Crippen molar-refractivity contribution in [2.75, 3.05) is 13.7 Å². The van der Waals surface area contributed by atoms with Crippen molar-refractivity contribution >= 4 is 5.96 Å². The van der Waals surface area contributed by atoms with Gasteiger partial charge in [-0.25, -0.2) is 10.8 Å². The highest BCUT2D eigenvalue weighted by atomic mass is 16.5. The summed E-state index contributed by atoms with van der Waals surface area (Å²) in [7, 11) is 1.67. The summed E-state index contributed by atoms with van der Waals surface area (Å²) >= 11 is 0. The normalized spacial score (nSPS) is 13.2. The van der Waals surface area contributed by atoms with Crippen molar-refractivity contribution in [1.82, 2.24) is 10.7 Å². The van der Waals surface area contributed by atoms with Crippen molar-refractivity contribution in [3.05, 3.63) is 0 Å². The summed E-state index contributed by atoms with van der Waals surface area (Å²) in [5.41, 5.74) is 2.25. The molecule has 5 heteroatoms. The SMILES string of the molecule is COC(C)(C)CN=C(NN)NC(C)C. The predicted molar refractivity (Wildman–Crippen MR) is 59.0 cm³/mol. The average Bonchev–Trinajstić information content (AvgIpc) is 2.12. The zero-order chi connectivity index (χ0) is 11.2. The second-order valence-corrected chi connectivity index (χ2v) is 4.07. The molecule has 0 heterocycles. The van der Waals surface area contributed by atoms with Gasteiger partial charge in [0, 0.05) is 13.2 Å². The molecule has 4 N–H and O–H groups in total. The fraction of sp³-hybridized carbons (Fsp3) is 0.889. The third kappa shape index (κ3) is 5.77. The number of hydrazine groups is 1. The van der Waals surface area contributed by atoms with E-state index in [1.54, 1.807) is 7.11 Å². The van der Waals surface area contributed by atoms with Crippen LogP contribution in [0.5, 0.6) is 0 Å². The minimum absolute atomic E-state index is 0.263. The lowest BCUT2D eigenvalue weighted by Crippen LogP contribution is -2.45. The van der Waals surface area contributed by atoms with Crippen LogP contribution in [0, 0.1) is 0 Å². The van der Waals surface area contributed by atoms with Gasteiger partial charge < -0.3 is 10.1 Å². The summed E-state index contributed by atoms with van der Waals surface area (Å²) in [6.07, 6.45) is 0. The molecule has 0 aromatic rings. The molecule has 0 fully saturated rings. The molecule has 0 aromatic carbocycles. The van der Waals surface area contributed by atoms with Crippen molar-refractivity contribution in [2.24, 2.45) is 10.8 Å². The molecule has 0 aliphatic heterocycles. The summed E-state index contributed by atoms with van der Waals surface area (Å²) in [6.45, 7) is 8.55. The first kappa shape index (κ1) is 13.2. The first-order chi connectivity index (χ1) is 6.41. The predicted octanol–water partition coefficient (Wildman–Crippen LogP) is 0.229. The van der Waals surface area contributed by atoms with Gasteiger partial charge in [-0.2, -0.15) is 0 Å². The molecule has 0 bridgehead atoms. The van der Waals surface area contributed by atoms with E-state index in [0.29, 0.717) is 18.5 Å². The van der Waals surface area contributed by atoms with E-state index < -0.39 is 0 Å². The van der Waals surface area contributed by atoms with E-state index >= 15 is 0 Å². The van der Waals surface area contributed by atoms with E-state index in [0.717, 1.165) is 0 Å². The van der Waals surface area contributed by atoms with Gasteiger partial charge >= 0.3 is 0 Å². The Hall–Kier alpha value is -0.810. The Kier molecular flexibility index (Phi) is 5.49. The Bertz CT molecular complexity index is 189. The quantitative estimate of drug-likeness (QED) is 0.264. The van der Waals surface area contributed by atoms with Gasteiger partial charge in [0.2, 0.25) is 5.96 Å². The number of guanidine groups is 1. The first-order valence-corrected chi connectivity index (χ1v) is 4.74. The van der Waals surface area contributed by atoms with Crippen molar-refractivity contribution in [2.45, 2.75) is 39.3 Å². The number of rotatable bonds is 4. The Morgan fingerprint density at radius 1 is 1.50 bits per heavy atom. The van der Waals surface area contributed by atoms with Crippen LogP contribution in [0.4, 0.5) is 0 Å². The molecule has 14 heavy (non-hydrogen) atoms. The molecule has 0 amide bonds. The summed E-state index contributed by atoms with van der Waals surface area (Å²) < 4.78 is 5.23. The maximum Gasteiger partial charge on any atom is 0.206 e. The topological polar surface area (TPSA) is 71.7 Å². The number of nitrogens with zero attached hydrogens (tertiary/aromatic N) is 1. The van der Waals surface area contributed by atoms with Gasteiger partial charge in [0.05, 0.1) is 12.1 Å². The van der Waals surface area contributed by atoms with Crippen molar-refractivity contribution in [3.8, 4) is 0 Å². The molecule has 0 rings (SSSR count). The van der Waals surface area contributed by atoms with Crippen LogP contribution in [0.2, 0.25) is 0 Å². The Labute approximate surface area is 86.1 Å². The van der Waals surface area contributed by atoms with Crippen LogP contribution in [-0.4, -0.2) is 31.3 Å². The molecular weight excluding hydrogens is 180 g/mol. The first-order valence-electron chi connectivity index (χ1n) is 4.74. The molecule has 0 aromatic heterocycles. The molecule has 0 spiro atoms. The lowest BCUT2D eigenvalue weighted by Gasteiger charge is -2.21. The number of nitrogens with two attached hydrogens (primary N) is 1. The third-order valence-corrected chi connectivity index (χ3v) is 1.73. The number of hydrogen-bond acceptors (Lipinski definition) is 3. The smallest absolute Gasteiger partial charge is 0.206 e. The van der Waals surface area contributed by atoms with Crippen LogP contribution in [0.15, 0.2) is 4.99 Å². The largest absolute Gasteiger partial charge is 0.377 e. The van der Waals surface area contributed by atoms with Crippen LogP contribution in [0.1, 0.15) is 27.7 Å². The Balaban J connectivity index is 4.17. The van der Waals surface area contributed by atoms with Crippen molar-refractivity contribution in [3.63, 3.8) is 0 Å². The zero-order valence-electron chi connectivity index (χ0n) is 9.72. The second kappa shape index (κ2) is 5.82. The fourth-order valence-electron chi connectivity index (χ4n) is 0.740. The minimum atomic E-state index is -0.263. The van der Waals surface area contributed by atoms with Crippen molar-refractivity contribution < 1.29 is 4.74 Å². The standard InChI is InChI=1S/C9H22N4O/c1-7(2)12-8(13-10)11-6-9(3,4)14-5/h7H,6,10H2,1-5H3,(H2,11,12,13). The molecule has 0 atom stereocenters. The second-order valence-electron chi connectivity index (χ2n) is 4.07.